The molecule has 0 unspecified atom stereocenters. The van der Waals surface area contributed by atoms with E-state index in [9.17, 15) is 0 Å². The first-order valence-electron chi connectivity index (χ1n) is 25.3. The maximum absolute atomic E-state index is 2.52. The van der Waals surface area contributed by atoms with Crippen LogP contribution in [0.3, 0.4) is 0 Å². The summed E-state index contributed by atoms with van der Waals surface area (Å²) in [5, 5.41) is 2.55. The van der Waals surface area contributed by atoms with Crippen molar-refractivity contribution in [2.45, 2.75) is 38.8 Å². The minimum Gasteiger partial charge on any atom is -0.311 e. The van der Waals surface area contributed by atoms with Crippen molar-refractivity contribution >= 4 is 79.5 Å². The van der Waals surface area contributed by atoms with E-state index in [2.05, 4.69) is 289 Å². The third-order valence-electron chi connectivity index (χ3n) is 15.0. The molecule has 0 spiro atoms. The monoisotopic (exact) mass is 983 g/mol. The van der Waals surface area contributed by atoms with Crippen LogP contribution < -0.4 is 9.80 Å². The molecule has 0 saturated heterocycles. The quantitative estimate of drug-likeness (QED) is 0.143. The van der Waals surface area contributed by atoms with Gasteiger partial charge < -0.3 is 14.4 Å². The van der Waals surface area contributed by atoms with Crippen molar-refractivity contribution in [2.75, 3.05) is 9.80 Å². The zero-order valence-electron chi connectivity index (χ0n) is 41.0. The summed E-state index contributed by atoms with van der Waals surface area (Å²) in [7, 11) is 0. The third kappa shape index (κ3) is 7.37. The Labute approximate surface area is 441 Å². The standard InChI is InChI=1S/C69H49N3S2/c1-69(2)60-44-42-58-57-22-12-13-23-61(57)72(67(58)65(60)59-43-45-64-68(66(59)69)74-63-25-15-14-24-62(63)73-64)56-36-30-49(31-37-56)48-28-34-53(35-29-48)71(52-32-26-47(27-33-52)46-16-6-3-7-17-46)55-40-38-54(39-41-55)70(50-18-8-4-9-19-50)51-20-10-5-11-21-51/h3-45H,1-2H3. The summed E-state index contributed by atoms with van der Waals surface area (Å²) in [6, 6.07) is 95.1. The van der Waals surface area contributed by atoms with Crippen LogP contribution in [0.1, 0.15) is 25.0 Å². The molecule has 74 heavy (non-hydrogen) atoms. The van der Waals surface area contributed by atoms with Crippen LogP contribution in [0.5, 0.6) is 0 Å². The number of hydrogen-bond donors (Lipinski definition) is 0. The van der Waals surface area contributed by atoms with Gasteiger partial charge in [-0.05, 0) is 148 Å². The zero-order chi connectivity index (χ0) is 49.3. The highest BCUT2D eigenvalue weighted by molar-refractivity contribution is 8.05. The van der Waals surface area contributed by atoms with Crippen LogP contribution in [0.25, 0.3) is 60.9 Å². The van der Waals surface area contributed by atoms with Crippen LogP contribution in [-0.4, -0.2) is 4.57 Å². The van der Waals surface area contributed by atoms with Gasteiger partial charge >= 0.3 is 0 Å². The predicted molar refractivity (Wildman–Crippen MR) is 313 cm³/mol. The van der Waals surface area contributed by atoms with Gasteiger partial charge in [-0.15, -0.1) is 0 Å². The Kier molecular flexibility index (Phi) is 10.7. The van der Waals surface area contributed by atoms with E-state index in [-0.39, 0.29) is 5.41 Å². The molecule has 0 atom stereocenters. The summed E-state index contributed by atoms with van der Waals surface area (Å²) in [6.07, 6.45) is 0. The molecule has 14 rings (SSSR count). The molecule has 2 aliphatic rings. The average Bonchev–Trinajstić information content (AvgIpc) is 4.02. The predicted octanol–water partition coefficient (Wildman–Crippen LogP) is 20.0. The lowest BCUT2D eigenvalue weighted by molar-refractivity contribution is 0.642. The maximum atomic E-state index is 2.52. The third-order valence-corrected chi connectivity index (χ3v) is 17.6. The van der Waals surface area contributed by atoms with Gasteiger partial charge in [0, 0.05) is 81.1 Å². The van der Waals surface area contributed by atoms with Crippen molar-refractivity contribution in [1.29, 1.82) is 0 Å². The van der Waals surface area contributed by atoms with Gasteiger partial charge in [-0.25, -0.2) is 0 Å². The lowest BCUT2D eigenvalue weighted by Gasteiger charge is -2.28. The molecule has 12 aromatic rings. The first-order valence-corrected chi connectivity index (χ1v) is 27.0. The Morgan fingerprint density at radius 1 is 0.351 bits per heavy atom. The minimum atomic E-state index is -0.169. The lowest BCUT2D eigenvalue weighted by Crippen LogP contribution is -2.17. The van der Waals surface area contributed by atoms with Crippen LogP contribution >= 0.6 is 23.5 Å². The average molecular weight is 984 g/mol. The van der Waals surface area contributed by atoms with E-state index >= 15 is 0 Å². The molecule has 1 aromatic heterocycles. The summed E-state index contributed by atoms with van der Waals surface area (Å²) in [5.74, 6) is 0. The molecule has 0 fully saturated rings. The highest BCUT2D eigenvalue weighted by Gasteiger charge is 2.41. The second kappa shape index (κ2) is 17.9. The lowest BCUT2D eigenvalue weighted by atomic mass is 9.82. The van der Waals surface area contributed by atoms with Crippen molar-refractivity contribution in [3.63, 3.8) is 0 Å². The molecule has 1 aliphatic heterocycles. The van der Waals surface area contributed by atoms with Crippen LogP contribution in [0, 0.1) is 0 Å². The molecule has 1 aliphatic carbocycles. The van der Waals surface area contributed by atoms with E-state index in [1.54, 1.807) is 0 Å². The van der Waals surface area contributed by atoms with Crippen LogP contribution in [0.15, 0.2) is 280 Å². The number of fused-ring (bicyclic) bond motifs is 10. The van der Waals surface area contributed by atoms with Gasteiger partial charge in [0.15, 0.2) is 0 Å². The van der Waals surface area contributed by atoms with Gasteiger partial charge in [-0.1, -0.05) is 189 Å². The normalized spacial score (nSPS) is 13.0. The number of rotatable bonds is 9. The fraction of sp³-hybridized carbons (Fsp3) is 0.0435. The molecule has 5 heteroatoms. The first kappa shape index (κ1) is 44.2. The van der Waals surface area contributed by atoms with Crippen molar-refractivity contribution in [2.24, 2.45) is 0 Å². The Bertz CT molecular complexity index is 4020. The van der Waals surface area contributed by atoms with Crippen molar-refractivity contribution < 1.29 is 0 Å². The highest BCUT2D eigenvalue weighted by Crippen LogP contribution is 2.60. The van der Waals surface area contributed by atoms with E-state index in [1.807, 2.05) is 23.5 Å². The number of nitrogens with zero attached hydrogens (tertiary/aromatic N) is 3. The number of benzene rings is 11. The molecular weight excluding hydrogens is 935 g/mol. The smallest absolute Gasteiger partial charge is 0.0622 e. The molecule has 3 nitrogen and oxygen atoms in total. The molecule has 0 N–H and O–H groups in total. The molecular formula is C69H49N3S2. The van der Waals surface area contributed by atoms with Gasteiger partial charge in [0.05, 0.1) is 11.0 Å². The fourth-order valence-electron chi connectivity index (χ4n) is 11.5. The molecule has 11 aromatic carbocycles. The van der Waals surface area contributed by atoms with E-state index in [1.165, 1.54) is 80.3 Å². The molecule has 352 valence electrons. The summed E-state index contributed by atoms with van der Waals surface area (Å²) in [4.78, 5) is 10.1. The molecule has 0 saturated carbocycles. The van der Waals surface area contributed by atoms with Gasteiger partial charge in [0.2, 0.25) is 0 Å². The first-order chi connectivity index (χ1) is 36.5. The SMILES string of the molecule is CC1(C)c2ccc3c4ccccc4n(-c4ccc(-c5ccc(N(c6ccc(-c7ccccc7)cc6)c6ccc(N(c7ccccc7)c7ccccc7)cc6)cc5)cc4)c3c2-c2ccc3c(c21)Sc1ccccc1S3. The van der Waals surface area contributed by atoms with Crippen LogP contribution in [0.2, 0.25) is 0 Å². The topological polar surface area (TPSA) is 11.4 Å². The summed E-state index contributed by atoms with van der Waals surface area (Å²) in [6.45, 7) is 4.84. The van der Waals surface area contributed by atoms with Gasteiger partial charge in [0.25, 0.3) is 0 Å². The maximum Gasteiger partial charge on any atom is 0.0622 e. The van der Waals surface area contributed by atoms with Gasteiger partial charge in [-0.3, -0.25) is 0 Å². The largest absolute Gasteiger partial charge is 0.311 e. The van der Waals surface area contributed by atoms with E-state index < -0.39 is 0 Å². The molecule has 0 radical (unpaired) electrons. The van der Waals surface area contributed by atoms with E-state index in [0.717, 1.165) is 45.4 Å². The molecule has 0 amide bonds. The summed E-state index contributed by atoms with van der Waals surface area (Å²) in [5.41, 5.74) is 20.3. The minimum absolute atomic E-state index is 0.169. The Morgan fingerprint density at radius 2 is 0.797 bits per heavy atom. The number of anilines is 6. The summed E-state index contributed by atoms with van der Waals surface area (Å²) >= 11 is 3.84. The second-order valence-corrected chi connectivity index (χ2v) is 21.8. The van der Waals surface area contributed by atoms with E-state index in [4.69, 9.17) is 0 Å². The van der Waals surface area contributed by atoms with Gasteiger partial charge in [0.1, 0.15) is 0 Å². The highest BCUT2D eigenvalue weighted by atomic mass is 32.2. The van der Waals surface area contributed by atoms with Crippen molar-refractivity contribution in [3.05, 3.63) is 272 Å². The molecule has 2 heterocycles. The van der Waals surface area contributed by atoms with Gasteiger partial charge in [-0.2, -0.15) is 0 Å². The van der Waals surface area contributed by atoms with Crippen LogP contribution in [0.4, 0.5) is 34.1 Å². The van der Waals surface area contributed by atoms with E-state index in [0.29, 0.717) is 0 Å². The molecule has 0 bridgehead atoms. The number of hydrogen-bond acceptors (Lipinski definition) is 4. The van der Waals surface area contributed by atoms with Crippen molar-refractivity contribution in [1.82, 2.24) is 4.57 Å². The second-order valence-electron chi connectivity index (χ2n) is 19.7. The van der Waals surface area contributed by atoms with Crippen LogP contribution in [-0.2, 0) is 5.41 Å². The van der Waals surface area contributed by atoms with Crippen molar-refractivity contribution in [3.8, 4) is 39.1 Å². The Hall–Kier alpha value is -8.48. The Balaban J connectivity index is 0.828. The summed E-state index contributed by atoms with van der Waals surface area (Å²) < 4.78 is 2.52. The number of aromatic nitrogens is 1. The fourth-order valence-corrected chi connectivity index (χ4v) is 14.1. The number of para-hydroxylation sites is 3. The Morgan fingerprint density at radius 3 is 1.36 bits per heavy atom. The zero-order valence-corrected chi connectivity index (χ0v) is 42.6.